The van der Waals surface area contributed by atoms with Crippen molar-refractivity contribution in [2.75, 3.05) is 11.9 Å². The van der Waals surface area contributed by atoms with Crippen LogP contribution in [0.25, 0.3) is 0 Å². The van der Waals surface area contributed by atoms with Crippen molar-refractivity contribution in [3.05, 3.63) is 46.7 Å². The summed E-state index contributed by atoms with van der Waals surface area (Å²) in [5.41, 5.74) is 5.05. The molecule has 9 heteroatoms. The Morgan fingerprint density at radius 2 is 1.89 bits per heavy atom. The Bertz CT molecular complexity index is 914. The normalized spacial score (nSPS) is 10.2. The van der Waals surface area contributed by atoms with Crippen LogP contribution in [0.4, 0.5) is 5.88 Å². The summed E-state index contributed by atoms with van der Waals surface area (Å²) in [5.74, 6) is -2.96. The molecule has 0 aliphatic heterocycles. The number of rotatable bonds is 6. The number of anilines is 1. The van der Waals surface area contributed by atoms with Gasteiger partial charge in [-0.25, -0.2) is 4.79 Å². The number of hydrogen-bond donors (Lipinski definition) is 2. The molecule has 1 aromatic carbocycles. The van der Waals surface area contributed by atoms with Gasteiger partial charge in [-0.05, 0) is 32.0 Å². The Morgan fingerprint density at radius 1 is 1.19 bits per heavy atom. The van der Waals surface area contributed by atoms with E-state index in [9.17, 15) is 19.2 Å². The average Bonchev–Trinajstić information content (AvgIpc) is 2.91. The fourth-order valence-corrected chi connectivity index (χ4v) is 2.36. The molecule has 0 radical (unpaired) electrons. The lowest BCUT2D eigenvalue weighted by Crippen LogP contribution is -2.20. The van der Waals surface area contributed by atoms with Gasteiger partial charge in [0.15, 0.2) is 0 Å². The molecule has 9 nitrogen and oxygen atoms in total. The first-order valence-electron chi connectivity index (χ1n) is 7.94. The van der Waals surface area contributed by atoms with Gasteiger partial charge in [-0.15, -0.1) is 0 Å². The van der Waals surface area contributed by atoms with E-state index in [4.69, 9.17) is 19.6 Å². The van der Waals surface area contributed by atoms with Gasteiger partial charge in [-0.1, -0.05) is 6.07 Å². The topological polar surface area (TPSA) is 138 Å². The molecule has 0 aliphatic rings. The van der Waals surface area contributed by atoms with E-state index in [1.165, 1.54) is 38.1 Å². The summed E-state index contributed by atoms with van der Waals surface area (Å²) in [5, 5.41) is 2.39. The van der Waals surface area contributed by atoms with E-state index in [1.807, 2.05) is 0 Å². The third-order valence-corrected chi connectivity index (χ3v) is 3.40. The highest BCUT2D eigenvalue weighted by Crippen LogP contribution is 2.28. The van der Waals surface area contributed by atoms with Gasteiger partial charge in [0.2, 0.25) is 5.88 Å². The minimum atomic E-state index is -0.959. The first kappa shape index (κ1) is 19.7. The zero-order valence-electron chi connectivity index (χ0n) is 15.0. The fourth-order valence-electron chi connectivity index (χ4n) is 2.36. The highest BCUT2D eigenvalue weighted by Gasteiger charge is 2.29. The van der Waals surface area contributed by atoms with Crippen LogP contribution in [0.2, 0.25) is 0 Å². The Hall–Kier alpha value is -3.62. The van der Waals surface area contributed by atoms with Gasteiger partial charge in [-0.3, -0.25) is 19.7 Å². The molecule has 0 aliphatic carbocycles. The van der Waals surface area contributed by atoms with E-state index in [2.05, 4.69) is 5.32 Å². The van der Waals surface area contributed by atoms with Crippen LogP contribution >= 0.6 is 0 Å². The number of carbonyl (C=O) groups excluding carboxylic acids is 4. The van der Waals surface area contributed by atoms with Gasteiger partial charge >= 0.3 is 11.9 Å². The quantitative estimate of drug-likeness (QED) is 0.583. The number of nitrogens with one attached hydrogen (secondary N) is 1. The highest BCUT2D eigenvalue weighted by atomic mass is 16.5. The van der Waals surface area contributed by atoms with E-state index in [1.54, 1.807) is 6.92 Å². The number of aryl methyl sites for hydroxylation is 1. The Morgan fingerprint density at radius 3 is 2.48 bits per heavy atom. The van der Waals surface area contributed by atoms with Crippen molar-refractivity contribution in [2.24, 2.45) is 5.73 Å². The van der Waals surface area contributed by atoms with E-state index in [0.717, 1.165) is 0 Å². The summed E-state index contributed by atoms with van der Waals surface area (Å²) in [6, 6.07) is 5.82. The minimum Gasteiger partial charge on any atom is -0.462 e. The Labute approximate surface area is 154 Å². The molecule has 1 aromatic heterocycles. The van der Waals surface area contributed by atoms with Crippen molar-refractivity contribution in [3.63, 3.8) is 0 Å². The summed E-state index contributed by atoms with van der Waals surface area (Å²) in [6.07, 6.45) is 0. The third kappa shape index (κ3) is 4.51. The van der Waals surface area contributed by atoms with Crippen molar-refractivity contribution in [3.8, 4) is 5.75 Å². The van der Waals surface area contributed by atoms with E-state index < -0.39 is 23.8 Å². The largest absolute Gasteiger partial charge is 0.462 e. The lowest BCUT2D eigenvalue weighted by atomic mass is 10.1. The number of amides is 2. The van der Waals surface area contributed by atoms with Gasteiger partial charge in [0.25, 0.3) is 11.8 Å². The molecule has 0 unspecified atom stereocenters. The van der Waals surface area contributed by atoms with E-state index in [-0.39, 0.29) is 40.7 Å². The van der Waals surface area contributed by atoms with Gasteiger partial charge in [-0.2, -0.15) is 0 Å². The second-order valence-corrected chi connectivity index (χ2v) is 5.40. The van der Waals surface area contributed by atoms with Crippen LogP contribution in [0.3, 0.4) is 0 Å². The number of nitrogens with two attached hydrogens (primary N) is 1. The Balaban J connectivity index is 2.36. The molecule has 1 heterocycles. The summed E-state index contributed by atoms with van der Waals surface area (Å²) >= 11 is 0. The summed E-state index contributed by atoms with van der Waals surface area (Å²) in [4.78, 5) is 47.4. The lowest BCUT2D eigenvalue weighted by molar-refractivity contribution is -0.131. The molecular formula is C18H18N2O7. The highest BCUT2D eigenvalue weighted by molar-refractivity contribution is 6.12. The third-order valence-electron chi connectivity index (χ3n) is 3.40. The molecule has 142 valence electrons. The summed E-state index contributed by atoms with van der Waals surface area (Å²) in [7, 11) is 0. The van der Waals surface area contributed by atoms with E-state index in [0.29, 0.717) is 0 Å². The van der Waals surface area contributed by atoms with Gasteiger partial charge in [0.1, 0.15) is 22.6 Å². The average molecular weight is 374 g/mol. The van der Waals surface area contributed by atoms with Crippen LogP contribution in [0.5, 0.6) is 5.75 Å². The van der Waals surface area contributed by atoms with Crippen molar-refractivity contribution in [2.45, 2.75) is 20.8 Å². The summed E-state index contributed by atoms with van der Waals surface area (Å²) in [6.45, 7) is 4.37. The molecule has 2 aromatic rings. The zero-order valence-corrected chi connectivity index (χ0v) is 15.0. The second-order valence-electron chi connectivity index (χ2n) is 5.40. The monoisotopic (exact) mass is 374 g/mol. The predicted molar refractivity (Wildman–Crippen MR) is 93.6 cm³/mol. The lowest BCUT2D eigenvalue weighted by Gasteiger charge is -2.06. The van der Waals surface area contributed by atoms with Crippen molar-refractivity contribution in [1.82, 2.24) is 0 Å². The number of hydrogen-bond acceptors (Lipinski definition) is 7. The molecule has 2 amide bonds. The maximum absolute atomic E-state index is 12.5. The molecular weight excluding hydrogens is 356 g/mol. The van der Waals surface area contributed by atoms with Crippen LogP contribution in [0.1, 0.15) is 50.7 Å². The standard InChI is InChI=1S/C18H18N2O7/c1-4-25-18(24)13-9(2)26-17(14(13)15(19)22)20-16(23)11-6-5-7-12(8-11)27-10(3)21/h5-8H,4H2,1-3H3,(H2,19,22)(H,20,23). The van der Waals surface area contributed by atoms with Crippen LogP contribution in [-0.2, 0) is 9.53 Å². The van der Waals surface area contributed by atoms with E-state index >= 15 is 0 Å². The second kappa shape index (κ2) is 8.17. The molecule has 2 rings (SSSR count). The van der Waals surface area contributed by atoms with Gasteiger partial charge in [0, 0.05) is 12.5 Å². The fraction of sp³-hybridized carbons (Fsp3) is 0.222. The van der Waals surface area contributed by atoms with Crippen LogP contribution < -0.4 is 15.8 Å². The molecule has 3 N–H and O–H groups in total. The smallest absolute Gasteiger partial charge is 0.342 e. The molecule has 0 saturated heterocycles. The summed E-state index contributed by atoms with van der Waals surface area (Å²) < 4.78 is 15.2. The van der Waals surface area contributed by atoms with Crippen LogP contribution in [-0.4, -0.2) is 30.4 Å². The molecule has 0 bridgehead atoms. The number of primary amides is 1. The maximum atomic E-state index is 12.5. The zero-order chi connectivity index (χ0) is 20.1. The van der Waals surface area contributed by atoms with Crippen molar-refractivity contribution < 1.29 is 33.1 Å². The molecule has 0 fully saturated rings. The first-order valence-corrected chi connectivity index (χ1v) is 7.94. The molecule has 0 atom stereocenters. The SMILES string of the molecule is CCOC(=O)c1c(C)oc(NC(=O)c2cccc(OC(C)=O)c2)c1C(N)=O. The number of carbonyl (C=O) groups is 4. The van der Waals surface area contributed by atoms with Gasteiger partial charge < -0.3 is 19.6 Å². The minimum absolute atomic E-state index is 0.0752. The first-order chi connectivity index (χ1) is 12.7. The van der Waals surface area contributed by atoms with Crippen molar-refractivity contribution in [1.29, 1.82) is 0 Å². The molecule has 0 spiro atoms. The predicted octanol–water partition coefficient (Wildman–Crippen LogP) is 2.04. The van der Waals surface area contributed by atoms with Gasteiger partial charge in [0.05, 0.1) is 6.61 Å². The Kier molecular flexibility index (Phi) is 5.96. The number of esters is 2. The number of benzene rings is 1. The molecule has 27 heavy (non-hydrogen) atoms. The number of furan rings is 1. The van der Waals surface area contributed by atoms with Crippen molar-refractivity contribution >= 4 is 29.6 Å². The van der Waals surface area contributed by atoms with Crippen LogP contribution in [0.15, 0.2) is 28.7 Å². The maximum Gasteiger partial charge on any atom is 0.342 e. The van der Waals surface area contributed by atoms with Crippen LogP contribution in [0, 0.1) is 6.92 Å². The molecule has 0 saturated carbocycles. The number of ether oxygens (including phenoxy) is 2.